The molecule has 0 spiro atoms. The van der Waals surface area contributed by atoms with Crippen molar-refractivity contribution in [3.8, 4) is 0 Å². The number of amides is 6. The summed E-state index contributed by atoms with van der Waals surface area (Å²) in [7, 11) is 6.43. The monoisotopic (exact) mass is 1210 g/mol. The SMILES string of the molecule is C.CC([O-])=NC(C(=O)NCCOCCOCCOCCC(C)C)C(C)C.CNC(=O)CC(C)C.COCCOCCOCCNC(=O)CCCNC(=O)CC(C)C.[CH2-]OCC(=O)NC(C(=O)NCCOCCOCCOCCC(C)C)C(C)C. The molecule has 0 fully saturated rings. The zero-order chi connectivity index (χ0) is 63.5. The van der Waals surface area contributed by atoms with Crippen LogP contribution in [0.25, 0.3) is 0 Å². The van der Waals surface area contributed by atoms with Gasteiger partial charge in [0.05, 0.1) is 106 Å². The van der Waals surface area contributed by atoms with E-state index in [1.807, 2.05) is 55.4 Å². The minimum atomic E-state index is -0.642. The molecule has 0 aliphatic heterocycles. The lowest BCUT2D eigenvalue weighted by Crippen LogP contribution is -2.51. The number of nitrogens with zero attached hydrogens (tertiary/aromatic N) is 1. The summed E-state index contributed by atoms with van der Waals surface area (Å²) in [5, 5.41) is 27.3. The molecule has 0 bridgehead atoms. The van der Waals surface area contributed by atoms with E-state index in [0.717, 1.165) is 26.1 Å². The normalized spacial score (nSPS) is 11.9. The smallest absolute Gasteiger partial charge is 0.245 e. The fourth-order valence-corrected chi connectivity index (χ4v) is 6.19. The van der Waals surface area contributed by atoms with Gasteiger partial charge in [0.2, 0.25) is 35.4 Å². The Bertz CT molecular complexity index is 1570. The Balaban J connectivity index is -0.000000346. The average molecular weight is 1210 g/mol. The summed E-state index contributed by atoms with van der Waals surface area (Å²) >= 11 is 0. The molecule has 6 amide bonds. The fourth-order valence-electron chi connectivity index (χ4n) is 6.19. The summed E-state index contributed by atoms with van der Waals surface area (Å²) < 4.78 is 52.4. The van der Waals surface area contributed by atoms with Gasteiger partial charge in [0, 0.05) is 72.8 Å². The number of carbonyl (C=O) groups excluding carboxylic acids is 6. The maximum Gasteiger partial charge on any atom is 0.245 e. The second kappa shape index (κ2) is 64.9. The van der Waals surface area contributed by atoms with Crippen LogP contribution in [0, 0.1) is 42.6 Å². The van der Waals surface area contributed by atoms with Crippen LogP contribution in [0.4, 0.5) is 0 Å². The number of rotatable bonds is 49. The quantitative estimate of drug-likeness (QED) is 0.0214. The minimum Gasteiger partial charge on any atom is -0.862 e. The maximum absolute atomic E-state index is 12.2. The van der Waals surface area contributed by atoms with E-state index in [-0.39, 0.29) is 67.2 Å². The molecule has 0 heterocycles. The van der Waals surface area contributed by atoms with Crippen LogP contribution in [0.3, 0.4) is 0 Å². The molecule has 0 saturated carbocycles. The molecular weight excluding hydrogens is 1090 g/mol. The van der Waals surface area contributed by atoms with Gasteiger partial charge in [0.25, 0.3) is 0 Å². The Hall–Kier alpha value is -4.11. The molecule has 0 rings (SSSR count). The number of hydrogen-bond acceptors (Lipinski definition) is 18. The molecule has 500 valence electrons. The third kappa shape index (κ3) is 70.4. The Morgan fingerprint density at radius 1 is 0.464 bits per heavy atom. The Labute approximate surface area is 507 Å². The molecular formula is C60H121N7O17-2. The van der Waals surface area contributed by atoms with Crippen LogP contribution in [0.2, 0.25) is 0 Å². The zero-order valence-electron chi connectivity index (χ0n) is 54.0. The minimum absolute atomic E-state index is 0. The highest BCUT2D eigenvalue weighted by Crippen LogP contribution is 2.07. The van der Waals surface area contributed by atoms with Crippen LogP contribution in [-0.4, -0.2) is 213 Å². The third-order valence-electron chi connectivity index (χ3n) is 10.7. The summed E-state index contributed by atoms with van der Waals surface area (Å²) in [6.07, 6.45) is 4.33. The summed E-state index contributed by atoms with van der Waals surface area (Å²) in [6.45, 7) is 36.2. The average Bonchev–Trinajstić information content (AvgIpc) is 3.40. The van der Waals surface area contributed by atoms with Gasteiger partial charge in [0.1, 0.15) is 12.1 Å². The number of aliphatic imine (C=N–C) groups is 1. The molecule has 0 aromatic rings. The molecule has 0 radical (unpaired) electrons. The van der Waals surface area contributed by atoms with E-state index < -0.39 is 12.1 Å². The number of carbonyl (C=O) groups is 6. The van der Waals surface area contributed by atoms with Gasteiger partial charge >= 0.3 is 0 Å². The topological polar surface area (TPSA) is 302 Å². The van der Waals surface area contributed by atoms with E-state index in [0.29, 0.717) is 175 Å². The molecule has 0 saturated heterocycles. The van der Waals surface area contributed by atoms with Gasteiger partial charge in [-0.25, -0.2) is 7.11 Å². The van der Waals surface area contributed by atoms with Crippen LogP contribution in [-0.2, 0) is 76.1 Å². The van der Waals surface area contributed by atoms with Crippen molar-refractivity contribution in [2.45, 2.75) is 148 Å². The molecule has 6 N–H and O–H groups in total. The Kier molecular flexibility index (Phi) is 68.5. The molecule has 2 unspecified atom stereocenters. The van der Waals surface area contributed by atoms with Gasteiger partial charge in [-0.2, -0.15) is 0 Å². The van der Waals surface area contributed by atoms with Crippen LogP contribution in [0.5, 0.6) is 0 Å². The first-order chi connectivity index (χ1) is 39.4. The van der Waals surface area contributed by atoms with E-state index in [9.17, 15) is 33.9 Å². The van der Waals surface area contributed by atoms with Gasteiger partial charge < -0.3 is 84.4 Å². The first kappa shape index (κ1) is 88.7. The second-order valence-electron chi connectivity index (χ2n) is 21.5. The summed E-state index contributed by atoms with van der Waals surface area (Å²) in [5.41, 5.74) is 0. The Morgan fingerprint density at radius 3 is 1.20 bits per heavy atom. The van der Waals surface area contributed by atoms with Crippen molar-refractivity contribution in [3.05, 3.63) is 7.11 Å². The highest BCUT2D eigenvalue weighted by Gasteiger charge is 2.23. The largest absolute Gasteiger partial charge is 0.862 e. The molecule has 84 heavy (non-hydrogen) atoms. The predicted octanol–water partition coefficient (Wildman–Crippen LogP) is 4.29. The maximum atomic E-state index is 12.2. The second-order valence-corrected chi connectivity index (χ2v) is 21.5. The molecule has 0 aliphatic carbocycles. The molecule has 0 aliphatic rings. The highest BCUT2D eigenvalue weighted by atomic mass is 16.6. The predicted molar refractivity (Wildman–Crippen MR) is 328 cm³/mol. The molecule has 0 aromatic carbocycles. The van der Waals surface area contributed by atoms with E-state index in [1.54, 1.807) is 14.2 Å². The molecule has 24 heteroatoms. The van der Waals surface area contributed by atoms with Crippen molar-refractivity contribution < 1.29 is 81.2 Å². The zero-order valence-corrected chi connectivity index (χ0v) is 54.0. The van der Waals surface area contributed by atoms with Crippen LogP contribution in [0.1, 0.15) is 136 Å². The van der Waals surface area contributed by atoms with Crippen molar-refractivity contribution in [2.24, 2.45) is 40.5 Å². The van der Waals surface area contributed by atoms with E-state index >= 15 is 0 Å². The molecule has 0 aromatic heterocycles. The van der Waals surface area contributed by atoms with E-state index in [2.05, 4.69) is 76.4 Å². The Morgan fingerprint density at radius 2 is 0.845 bits per heavy atom. The summed E-state index contributed by atoms with van der Waals surface area (Å²) in [5.74, 6) is 0.983. The number of nitrogens with one attached hydrogen (secondary N) is 6. The van der Waals surface area contributed by atoms with Gasteiger partial charge in [-0.15, -0.1) is 0 Å². The van der Waals surface area contributed by atoms with Crippen molar-refractivity contribution in [1.82, 2.24) is 31.9 Å². The lowest BCUT2D eigenvalue weighted by atomic mass is 10.0. The standard InChI is InChI=1S/C19H37N2O6.C18H36N2O5.C16H32N2O5.C6H13NO.CH4/c1-15(2)6-8-25-10-12-27-13-11-26-9-7-20-19(23)18(16(3)4)21-17(22)14-24-5;1-14(2)6-8-23-10-12-25-13-11-24-9-7-19-18(22)17(15(3)4)20-16(5)21;1-14(2)13-16(20)17-6-4-5-15(19)18-7-8-22-11-12-23-10-9-21-3;1-5(2)4-6(8)7-3;/h15-16,18H,5-14H2,1-4H3,(H,20,23)(H,21,22);14-15,17H,6-13H2,1-5H3,(H,19,22)(H,20,21);14H,4-13H2,1-3H3,(H,17,20)(H,18,19);5H,4H2,1-3H3,(H,7,8);1H4/q-1;;;;/p-1. The first-order valence-corrected chi connectivity index (χ1v) is 29.7. The van der Waals surface area contributed by atoms with Crippen molar-refractivity contribution in [3.63, 3.8) is 0 Å². The van der Waals surface area contributed by atoms with E-state index in [1.165, 1.54) is 6.92 Å². The number of hydrogen-bond donors (Lipinski definition) is 6. The molecule has 24 nitrogen and oxygen atoms in total. The van der Waals surface area contributed by atoms with Crippen molar-refractivity contribution >= 4 is 41.3 Å². The summed E-state index contributed by atoms with van der Waals surface area (Å²) in [4.78, 5) is 73.0. The summed E-state index contributed by atoms with van der Waals surface area (Å²) in [6, 6.07) is -1.26. The third-order valence-corrected chi connectivity index (χ3v) is 10.7. The van der Waals surface area contributed by atoms with Gasteiger partial charge in [-0.3, -0.25) is 33.8 Å². The van der Waals surface area contributed by atoms with Gasteiger partial charge in [-0.1, -0.05) is 90.5 Å². The van der Waals surface area contributed by atoms with E-state index in [4.69, 9.17) is 42.6 Å². The van der Waals surface area contributed by atoms with Crippen LogP contribution >= 0.6 is 0 Å². The van der Waals surface area contributed by atoms with Gasteiger partial charge in [0.15, 0.2) is 0 Å². The van der Waals surface area contributed by atoms with Gasteiger partial charge in [-0.05, 0) is 67.6 Å². The van der Waals surface area contributed by atoms with Crippen LogP contribution < -0.4 is 37.0 Å². The number of ether oxygens (including phenoxy) is 10. The molecule has 2 atom stereocenters. The fraction of sp³-hybridized carbons (Fsp3) is 0.867. The number of methoxy groups -OCH3 is 1. The highest BCUT2D eigenvalue weighted by molar-refractivity contribution is 5.88. The van der Waals surface area contributed by atoms with Crippen molar-refractivity contribution in [1.29, 1.82) is 0 Å². The lowest BCUT2D eigenvalue weighted by molar-refractivity contribution is -0.216. The first-order valence-electron chi connectivity index (χ1n) is 29.7. The van der Waals surface area contributed by atoms with Crippen molar-refractivity contribution in [2.75, 3.05) is 159 Å². The van der Waals surface area contributed by atoms with Crippen LogP contribution in [0.15, 0.2) is 4.99 Å². The lowest BCUT2D eigenvalue weighted by Gasteiger charge is -2.22.